The van der Waals surface area contributed by atoms with Gasteiger partial charge < -0.3 is 14.2 Å². The summed E-state index contributed by atoms with van der Waals surface area (Å²) in [6, 6.07) is 4.45. The minimum atomic E-state index is 0.187. The van der Waals surface area contributed by atoms with Crippen LogP contribution in [0.3, 0.4) is 0 Å². The fraction of sp³-hybridized carbons (Fsp3) is 0.545. The van der Waals surface area contributed by atoms with E-state index in [1.807, 2.05) is 17.3 Å². The molecule has 1 fully saturated rings. The van der Waals surface area contributed by atoms with Crippen molar-refractivity contribution >= 4 is 5.91 Å². The van der Waals surface area contributed by atoms with Crippen molar-refractivity contribution < 1.29 is 9.53 Å². The van der Waals surface area contributed by atoms with Crippen molar-refractivity contribution in [1.82, 2.24) is 14.5 Å². The lowest BCUT2D eigenvalue weighted by molar-refractivity contribution is -0.139. The minimum absolute atomic E-state index is 0.187. The molecule has 1 amide bonds. The number of aromatic nitrogens is 2. The van der Waals surface area contributed by atoms with Gasteiger partial charge in [0.15, 0.2) is 0 Å². The summed E-state index contributed by atoms with van der Waals surface area (Å²) in [4.78, 5) is 19.3. The maximum atomic E-state index is 12.8. The molecule has 0 N–H and O–H groups in total. The normalized spacial score (nSPS) is 14.2. The molecule has 5 nitrogen and oxygen atoms in total. The zero-order chi connectivity index (χ0) is 19.4. The molecule has 0 atom stereocenters. The number of ether oxygens (including phenoxy) is 1. The van der Waals surface area contributed by atoms with Crippen molar-refractivity contribution in [2.24, 2.45) is 5.92 Å². The van der Waals surface area contributed by atoms with Gasteiger partial charge in [-0.15, -0.1) is 0 Å². The lowest BCUT2D eigenvalue weighted by Gasteiger charge is -2.31. The van der Waals surface area contributed by atoms with Gasteiger partial charge in [-0.05, 0) is 50.3 Å². The molecule has 1 aliphatic rings. The third kappa shape index (κ3) is 4.59. The van der Waals surface area contributed by atoms with E-state index in [4.69, 9.17) is 4.74 Å². The first-order valence-electron chi connectivity index (χ1n) is 9.84. The quantitative estimate of drug-likeness (QED) is 0.714. The second kappa shape index (κ2) is 8.70. The van der Waals surface area contributed by atoms with E-state index in [1.54, 1.807) is 7.11 Å². The van der Waals surface area contributed by atoms with Gasteiger partial charge in [0.1, 0.15) is 5.82 Å². The largest absolute Gasteiger partial charge is 0.383 e. The monoisotopic (exact) mass is 369 g/mol. The number of nitrogens with zero attached hydrogens (tertiary/aromatic N) is 3. The molecule has 0 saturated heterocycles. The zero-order valence-corrected chi connectivity index (χ0v) is 17.0. The highest BCUT2D eigenvalue weighted by Gasteiger charge is 2.30. The molecule has 0 spiro atoms. The molecule has 5 heteroatoms. The van der Waals surface area contributed by atoms with Gasteiger partial charge >= 0.3 is 0 Å². The van der Waals surface area contributed by atoms with E-state index < -0.39 is 0 Å². The van der Waals surface area contributed by atoms with E-state index in [0.29, 0.717) is 19.7 Å². The van der Waals surface area contributed by atoms with Crippen molar-refractivity contribution in [3.05, 3.63) is 52.6 Å². The van der Waals surface area contributed by atoms with Gasteiger partial charge in [0.05, 0.1) is 13.2 Å². The molecular weight excluding hydrogens is 338 g/mol. The Kier molecular flexibility index (Phi) is 6.32. The number of hydrogen-bond acceptors (Lipinski definition) is 3. The van der Waals surface area contributed by atoms with E-state index in [9.17, 15) is 4.79 Å². The first-order valence-corrected chi connectivity index (χ1v) is 9.84. The predicted molar refractivity (Wildman–Crippen MR) is 107 cm³/mol. The number of carbonyl (C=O) groups excluding carboxylic acids is 1. The summed E-state index contributed by atoms with van der Waals surface area (Å²) in [5.74, 6) is 1.36. The molecule has 0 radical (unpaired) electrons. The molecule has 0 aliphatic heterocycles. The zero-order valence-electron chi connectivity index (χ0n) is 17.0. The average Bonchev–Trinajstić information content (AvgIpc) is 3.00. The van der Waals surface area contributed by atoms with Crippen LogP contribution in [0.2, 0.25) is 0 Å². The fourth-order valence-corrected chi connectivity index (χ4v) is 3.82. The van der Waals surface area contributed by atoms with Crippen LogP contribution >= 0.6 is 0 Å². The summed E-state index contributed by atoms with van der Waals surface area (Å²) in [5.41, 5.74) is 5.22. The number of imidazole rings is 1. The van der Waals surface area contributed by atoms with Crippen LogP contribution in [0.25, 0.3) is 0 Å². The summed E-state index contributed by atoms with van der Waals surface area (Å²) in [5, 5.41) is 0. The van der Waals surface area contributed by atoms with Crippen molar-refractivity contribution in [2.75, 3.05) is 20.3 Å². The number of hydrogen-bond donors (Lipinski definition) is 0. The molecule has 1 aliphatic carbocycles. The maximum absolute atomic E-state index is 12.8. The summed E-state index contributed by atoms with van der Waals surface area (Å²) >= 11 is 0. The van der Waals surface area contributed by atoms with E-state index in [-0.39, 0.29) is 11.8 Å². The van der Waals surface area contributed by atoms with Crippen LogP contribution in [0.15, 0.2) is 24.5 Å². The fourth-order valence-electron chi connectivity index (χ4n) is 3.82. The number of carbonyl (C=O) groups is 1. The number of benzene rings is 1. The molecule has 1 saturated carbocycles. The summed E-state index contributed by atoms with van der Waals surface area (Å²) in [6.07, 6.45) is 7.03. The van der Waals surface area contributed by atoms with Gasteiger partial charge in [-0.1, -0.05) is 24.1 Å². The first-order chi connectivity index (χ1) is 13.0. The van der Waals surface area contributed by atoms with Crippen LogP contribution in [0.4, 0.5) is 0 Å². The molecule has 27 heavy (non-hydrogen) atoms. The first kappa shape index (κ1) is 19.6. The molecule has 146 valence electrons. The second-order valence-electron chi connectivity index (χ2n) is 7.73. The third-order valence-electron chi connectivity index (χ3n) is 5.63. The highest BCUT2D eigenvalue weighted by molar-refractivity contribution is 5.79. The molecule has 1 heterocycles. The molecular formula is C22H31N3O2. The smallest absolute Gasteiger partial charge is 0.226 e. The van der Waals surface area contributed by atoms with E-state index in [1.165, 1.54) is 22.3 Å². The Morgan fingerprint density at radius 2 is 1.96 bits per heavy atom. The molecule has 1 aromatic heterocycles. The van der Waals surface area contributed by atoms with Gasteiger partial charge in [0.2, 0.25) is 5.91 Å². The minimum Gasteiger partial charge on any atom is -0.383 e. The van der Waals surface area contributed by atoms with Gasteiger partial charge in [-0.3, -0.25) is 4.79 Å². The Morgan fingerprint density at radius 3 is 2.56 bits per heavy atom. The van der Waals surface area contributed by atoms with E-state index >= 15 is 0 Å². The summed E-state index contributed by atoms with van der Waals surface area (Å²) < 4.78 is 7.39. The van der Waals surface area contributed by atoms with Gasteiger partial charge in [0, 0.05) is 38.5 Å². The average molecular weight is 370 g/mol. The maximum Gasteiger partial charge on any atom is 0.226 e. The topological polar surface area (TPSA) is 47.4 Å². The lowest BCUT2D eigenvalue weighted by atomic mass is 9.84. The molecule has 1 aromatic carbocycles. The van der Waals surface area contributed by atoms with Crippen molar-refractivity contribution in [3.8, 4) is 0 Å². The van der Waals surface area contributed by atoms with Crippen LogP contribution in [0.1, 0.15) is 47.3 Å². The molecule has 3 rings (SSSR count). The van der Waals surface area contributed by atoms with E-state index in [2.05, 4.69) is 42.5 Å². The molecule has 0 bridgehead atoms. The highest BCUT2D eigenvalue weighted by Crippen LogP contribution is 2.28. The number of aryl methyl sites for hydroxylation is 3. The Hall–Kier alpha value is -2.14. The standard InChI is InChI=1S/C22H31N3O2/c1-16-12-17(2)20(18(3)13-16)14-24-9-8-23-21(24)15-25(10-11-27-4)22(26)19-6-5-7-19/h8-9,12-13,19H,5-7,10-11,14-15H2,1-4H3. The van der Waals surface area contributed by atoms with Crippen molar-refractivity contribution in [3.63, 3.8) is 0 Å². The Bertz CT molecular complexity index is 770. The van der Waals surface area contributed by atoms with Crippen LogP contribution in [-0.4, -0.2) is 40.6 Å². The van der Waals surface area contributed by atoms with Crippen LogP contribution in [-0.2, 0) is 22.6 Å². The SMILES string of the molecule is COCCN(Cc1nccn1Cc1c(C)cc(C)cc1C)C(=O)C1CCC1. The number of amides is 1. The van der Waals surface area contributed by atoms with Gasteiger partial charge in [0.25, 0.3) is 0 Å². The second-order valence-corrected chi connectivity index (χ2v) is 7.73. The molecule has 0 unspecified atom stereocenters. The number of methoxy groups -OCH3 is 1. The van der Waals surface area contributed by atoms with Gasteiger partial charge in [-0.2, -0.15) is 0 Å². The predicted octanol–water partition coefficient (Wildman–Crippen LogP) is 3.63. The third-order valence-corrected chi connectivity index (χ3v) is 5.63. The van der Waals surface area contributed by atoms with Crippen molar-refractivity contribution in [1.29, 1.82) is 0 Å². The highest BCUT2D eigenvalue weighted by atomic mass is 16.5. The van der Waals surface area contributed by atoms with Crippen LogP contribution in [0, 0.1) is 26.7 Å². The van der Waals surface area contributed by atoms with Crippen LogP contribution in [0.5, 0.6) is 0 Å². The van der Waals surface area contributed by atoms with E-state index in [0.717, 1.165) is 31.6 Å². The molecule has 2 aromatic rings. The lowest BCUT2D eigenvalue weighted by Crippen LogP contribution is -2.40. The van der Waals surface area contributed by atoms with Gasteiger partial charge in [-0.25, -0.2) is 4.98 Å². The Labute approximate surface area is 162 Å². The Morgan fingerprint density at radius 1 is 1.26 bits per heavy atom. The van der Waals surface area contributed by atoms with Crippen molar-refractivity contribution in [2.45, 2.75) is 53.1 Å². The Balaban J connectivity index is 1.77. The summed E-state index contributed by atoms with van der Waals surface area (Å²) in [7, 11) is 1.68. The number of rotatable bonds is 8. The summed E-state index contributed by atoms with van der Waals surface area (Å²) in [6.45, 7) is 8.94. The van der Waals surface area contributed by atoms with Crippen LogP contribution < -0.4 is 0 Å².